The van der Waals surface area contributed by atoms with Crippen LogP contribution in [0.15, 0.2) is 58.8 Å². The van der Waals surface area contributed by atoms with Gasteiger partial charge >= 0.3 is 0 Å². The van der Waals surface area contributed by atoms with Gasteiger partial charge in [-0.1, -0.05) is 11.6 Å². The minimum atomic E-state index is 0. The number of rotatable bonds is 10. The molecule has 0 aromatic heterocycles. The number of azo groups is 1. The molecule has 2 aromatic carbocycles. The lowest BCUT2D eigenvalue weighted by Gasteiger charge is -2.23. The molecule has 0 aliphatic rings. The normalized spacial score (nSPS) is 11.4. The number of nitrogens with zero attached hydrogens (tertiary/aromatic N) is 3. The second-order valence-corrected chi connectivity index (χ2v) is 7.88. The molecule has 0 aliphatic carbocycles. The predicted molar refractivity (Wildman–Crippen MR) is 109 cm³/mol. The monoisotopic (exact) mass is 453 g/mol. The minimum absolute atomic E-state index is 0. The van der Waals surface area contributed by atoms with Crippen molar-refractivity contribution in [3.63, 3.8) is 0 Å². The highest BCUT2D eigenvalue weighted by molar-refractivity contribution is 6.30. The van der Waals surface area contributed by atoms with Gasteiger partial charge in [-0.3, -0.25) is 0 Å². The number of benzene rings is 2. The van der Waals surface area contributed by atoms with Crippen LogP contribution in [0.5, 0.6) is 5.75 Å². The van der Waals surface area contributed by atoms with Crippen LogP contribution in [0.25, 0.3) is 0 Å². The van der Waals surface area contributed by atoms with Crippen molar-refractivity contribution in [1.82, 2.24) is 0 Å². The van der Waals surface area contributed by atoms with E-state index in [-0.39, 0.29) is 17.0 Å². The Morgan fingerprint density at radius 3 is 1.85 bits per heavy atom. The minimum Gasteiger partial charge on any atom is -1.00 e. The number of ether oxygens (including phenoxy) is 1. The molecule has 0 radical (unpaired) electrons. The molecule has 2 rings (SSSR count). The summed E-state index contributed by atoms with van der Waals surface area (Å²) in [6.07, 6.45) is 4.85. The molecule has 148 valence electrons. The van der Waals surface area contributed by atoms with E-state index in [0.717, 1.165) is 34.6 Å². The fraction of sp³-hybridized carbons (Fsp3) is 0.429. The molecule has 0 atom stereocenters. The average Bonchev–Trinajstić information content (AvgIpc) is 2.60. The number of halogens is 2. The number of hydrogen-bond donors (Lipinski definition) is 0. The SMILES string of the molecule is C[N+](C)(C)CCCCCCOc1ccc(N=Nc2ccc(Cl)cc2)cc1.[Br-]. The lowest BCUT2D eigenvalue weighted by Crippen LogP contribution is -3.00. The number of unbranched alkanes of at least 4 members (excludes halogenated alkanes) is 3. The third kappa shape index (κ3) is 10.5. The molecular weight excluding hydrogens is 426 g/mol. The van der Waals surface area contributed by atoms with E-state index < -0.39 is 0 Å². The summed E-state index contributed by atoms with van der Waals surface area (Å²) in [6.45, 7) is 1.99. The van der Waals surface area contributed by atoms with Crippen LogP contribution in [-0.4, -0.2) is 38.8 Å². The maximum absolute atomic E-state index is 5.85. The van der Waals surface area contributed by atoms with Gasteiger partial charge in [0.15, 0.2) is 0 Å². The highest BCUT2D eigenvalue weighted by Gasteiger charge is 2.05. The summed E-state index contributed by atoms with van der Waals surface area (Å²) < 4.78 is 6.83. The van der Waals surface area contributed by atoms with Crippen LogP contribution in [0.2, 0.25) is 5.02 Å². The highest BCUT2D eigenvalue weighted by Crippen LogP contribution is 2.22. The Bertz CT molecular complexity index is 682. The van der Waals surface area contributed by atoms with E-state index in [1.165, 1.54) is 25.8 Å². The maximum atomic E-state index is 5.85. The van der Waals surface area contributed by atoms with Crippen LogP contribution < -0.4 is 21.7 Å². The molecule has 0 saturated carbocycles. The van der Waals surface area contributed by atoms with Gasteiger partial charge in [0.1, 0.15) is 5.75 Å². The summed E-state index contributed by atoms with van der Waals surface area (Å²) >= 11 is 5.85. The lowest BCUT2D eigenvalue weighted by atomic mass is 10.2. The van der Waals surface area contributed by atoms with Crippen molar-refractivity contribution in [1.29, 1.82) is 0 Å². The molecule has 6 heteroatoms. The van der Waals surface area contributed by atoms with Gasteiger partial charge in [0.05, 0.1) is 45.7 Å². The molecule has 0 saturated heterocycles. The Morgan fingerprint density at radius 2 is 1.30 bits per heavy atom. The van der Waals surface area contributed by atoms with E-state index in [4.69, 9.17) is 16.3 Å². The van der Waals surface area contributed by atoms with Crippen LogP contribution in [0.1, 0.15) is 25.7 Å². The first-order chi connectivity index (χ1) is 12.4. The molecule has 0 amide bonds. The molecule has 4 nitrogen and oxygen atoms in total. The Labute approximate surface area is 178 Å². The number of hydrogen-bond acceptors (Lipinski definition) is 3. The molecule has 0 unspecified atom stereocenters. The van der Waals surface area contributed by atoms with Crippen LogP contribution >= 0.6 is 11.6 Å². The summed E-state index contributed by atoms with van der Waals surface area (Å²) in [4.78, 5) is 0. The topological polar surface area (TPSA) is 34.0 Å². The second kappa shape index (κ2) is 12.1. The molecular formula is C21H29BrClN3O. The molecule has 0 fully saturated rings. The zero-order valence-corrected chi connectivity index (χ0v) is 18.7. The van der Waals surface area contributed by atoms with Gasteiger partial charge < -0.3 is 26.2 Å². The fourth-order valence-corrected chi connectivity index (χ4v) is 2.59. The predicted octanol–water partition coefficient (Wildman–Crippen LogP) is 3.40. The van der Waals surface area contributed by atoms with Crippen molar-refractivity contribution in [3.05, 3.63) is 53.6 Å². The summed E-state index contributed by atoms with van der Waals surface area (Å²) in [6, 6.07) is 15.0. The van der Waals surface area contributed by atoms with Gasteiger partial charge in [-0.15, -0.1) is 0 Å². The zero-order valence-electron chi connectivity index (χ0n) is 16.4. The third-order valence-corrected chi connectivity index (χ3v) is 4.19. The Balaban J connectivity index is 0.00000364. The van der Waals surface area contributed by atoms with E-state index >= 15 is 0 Å². The number of quaternary nitrogens is 1. The standard InChI is InChI=1S/C21H29ClN3O.BrH/c1-25(2,3)16-6-4-5-7-17-26-21-14-12-20(13-15-21)24-23-19-10-8-18(22)9-11-19;/h8-15H,4-7,16-17H2,1-3H3;1H/q+1;/p-1. The van der Waals surface area contributed by atoms with Crippen LogP contribution in [0.3, 0.4) is 0 Å². The lowest BCUT2D eigenvalue weighted by molar-refractivity contribution is -0.870. The van der Waals surface area contributed by atoms with E-state index in [2.05, 4.69) is 31.4 Å². The van der Waals surface area contributed by atoms with Gasteiger partial charge in [0.25, 0.3) is 0 Å². The van der Waals surface area contributed by atoms with Crippen molar-refractivity contribution in [3.8, 4) is 5.75 Å². The van der Waals surface area contributed by atoms with E-state index in [1.54, 1.807) is 12.1 Å². The Morgan fingerprint density at radius 1 is 0.778 bits per heavy atom. The Kier molecular flexibility index (Phi) is 10.6. The van der Waals surface area contributed by atoms with Gasteiger partial charge in [-0.05, 0) is 74.2 Å². The molecule has 2 aromatic rings. The van der Waals surface area contributed by atoms with E-state index in [0.29, 0.717) is 5.02 Å². The largest absolute Gasteiger partial charge is 1.00 e. The molecule has 0 spiro atoms. The third-order valence-electron chi connectivity index (χ3n) is 3.94. The van der Waals surface area contributed by atoms with Crippen LogP contribution in [0, 0.1) is 0 Å². The smallest absolute Gasteiger partial charge is 0.119 e. The van der Waals surface area contributed by atoms with Gasteiger partial charge in [-0.2, -0.15) is 10.2 Å². The first-order valence-electron chi connectivity index (χ1n) is 9.13. The molecule has 0 heterocycles. The summed E-state index contributed by atoms with van der Waals surface area (Å²) in [5, 5.41) is 9.11. The maximum Gasteiger partial charge on any atom is 0.119 e. The van der Waals surface area contributed by atoms with Crippen molar-refractivity contribution in [2.24, 2.45) is 10.2 Å². The first kappa shape index (κ1) is 23.6. The van der Waals surface area contributed by atoms with E-state index in [9.17, 15) is 0 Å². The molecule has 0 aliphatic heterocycles. The first-order valence-corrected chi connectivity index (χ1v) is 9.51. The highest BCUT2D eigenvalue weighted by atomic mass is 79.9. The van der Waals surface area contributed by atoms with Crippen molar-refractivity contribution in [2.75, 3.05) is 34.3 Å². The quantitative estimate of drug-likeness (QED) is 0.308. The van der Waals surface area contributed by atoms with Crippen molar-refractivity contribution >= 4 is 23.0 Å². The second-order valence-electron chi connectivity index (χ2n) is 7.45. The van der Waals surface area contributed by atoms with Gasteiger partial charge in [0.2, 0.25) is 0 Å². The van der Waals surface area contributed by atoms with E-state index in [1.807, 2.05) is 36.4 Å². The fourth-order valence-electron chi connectivity index (χ4n) is 2.46. The van der Waals surface area contributed by atoms with Crippen molar-refractivity contribution < 1.29 is 26.2 Å². The molecule has 0 N–H and O–H groups in total. The molecule has 27 heavy (non-hydrogen) atoms. The average molecular weight is 455 g/mol. The van der Waals surface area contributed by atoms with Crippen LogP contribution in [-0.2, 0) is 0 Å². The summed E-state index contributed by atoms with van der Waals surface area (Å²) in [5.74, 6) is 0.877. The summed E-state index contributed by atoms with van der Waals surface area (Å²) in [5.41, 5.74) is 1.58. The summed E-state index contributed by atoms with van der Waals surface area (Å²) in [7, 11) is 6.71. The van der Waals surface area contributed by atoms with Gasteiger partial charge in [0, 0.05) is 5.02 Å². The zero-order chi connectivity index (χ0) is 18.8. The van der Waals surface area contributed by atoms with Crippen LogP contribution in [0.4, 0.5) is 11.4 Å². The molecule has 0 bridgehead atoms. The Hall–Kier alpha value is -1.43. The van der Waals surface area contributed by atoms with Crippen molar-refractivity contribution in [2.45, 2.75) is 25.7 Å². The van der Waals surface area contributed by atoms with Gasteiger partial charge in [-0.25, -0.2) is 0 Å².